The lowest BCUT2D eigenvalue weighted by Gasteiger charge is -2.39. The molecule has 4 rings (SSSR count). The number of amides is 1. The van der Waals surface area contributed by atoms with E-state index in [1.165, 1.54) is 27.6 Å². The summed E-state index contributed by atoms with van der Waals surface area (Å²) >= 11 is 0. The van der Waals surface area contributed by atoms with Crippen LogP contribution in [0.5, 0.6) is 0 Å². The summed E-state index contributed by atoms with van der Waals surface area (Å²) < 4.78 is 2.20. The molecule has 0 spiro atoms. The maximum Gasteiger partial charge on any atom is 0.328 e. The number of carboxylic acids is 2. The Labute approximate surface area is 198 Å². The number of hydrogen-bond donors (Lipinski definition) is 4. The summed E-state index contributed by atoms with van der Waals surface area (Å²) in [4.78, 5) is 34.1. The highest BCUT2D eigenvalue weighted by Crippen LogP contribution is 2.41. The zero-order chi connectivity index (χ0) is 25.0. The highest BCUT2D eigenvalue weighted by atomic mass is 16.4. The van der Waals surface area contributed by atoms with Crippen molar-refractivity contribution in [2.75, 3.05) is 20.2 Å². The minimum Gasteiger partial charge on any atom is -0.478 e. The summed E-state index contributed by atoms with van der Waals surface area (Å²) in [5.74, 6) is -2.69. The largest absolute Gasteiger partial charge is 0.478 e. The quantitative estimate of drug-likeness (QED) is 0.473. The molecule has 1 aliphatic carbocycles. The molecule has 2 aromatic rings. The predicted molar refractivity (Wildman–Crippen MR) is 128 cm³/mol. The second-order valence-corrected chi connectivity index (χ2v) is 8.66. The van der Waals surface area contributed by atoms with Crippen molar-refractivity contribution in [3.05, 3.63) is 53.8 Å². The van der Waals surface area contributed by atoms with Gasteiger partial charge in [0.2, 0.25) is 5.91 Å². The van der Waals surface area contributed by atoms with Crippen molar-refractivity contribution >= 4 is 34.3 Å². The molecule has 4 N–H and O–H groups in total. The Bertz CT molecular complexity index is 1130. The van der Waals surface area contributed by atoms with Crippen LogP contribution in [0.2, 0.25) is 0 Å². The van der Waals surface area contributed by atoms with Crippen LogP contribution in [-0.2, 0) is 27.9 Å². The number of rotatable bonds is 6. The zero-order valence-electron chi connectivity index (χ0n) is 19.6. The number of hydrogen-bond acceptors (Lipinski definition) is 5. The number of nitrogens with zero attached hydrogens (tertiary/aromatic N) is 2. The van der Waals surface area contributed by atoms with Gasteiger partial charge >= 0.3 is 11.9 Å². The summed E-state index contributed by atoms with van der Waals surface area (Å²) in [6, 6.07) is 6.60. The van der Waals surface area contributed by atoms with Gasteiger partial charge in [0.15, 0.2) is 0 Å². The number of nitrogens with one attached hydrogen (secondary N) is 1. The molecule has 0 bridgehead atoms. The van der Waals surface area contributed by atoms with Crippen molar-refractivity contribution in [1.29, 1.82) is 0 Å². The Morgan fingerprint density at radius 3 is 2.44 bits per heavy atom. The summed E-state index contributed by atoms with van der Waals surface area (Å²) in [5, 5.41) is 29.3. The van der Waals surface area contributed by atoms with Crippen LogP contribution in [0.4, 0.5) is 0 Å². The van der Waals surface area contributed by atoms with Crippen LogP contribution >= 0.6 is 0 Å². The van der Waals surface area contributed by atoms with Crippen molar-refractivity contribution in [2.24, 2.45) is 13.0 Å². The molecule has 0 fully saturated rings. The van der Waals surface area contributed by atoms with Crippen molar-refractivity contribution in [3.8, 4) is 0 Å². The van der Waals surface area contributed by atoms with Gasteiger partial charge in [0, 0.05) is 48.9 Å². The number of carboxylic acid groups (broad SMARTS) is 2. The number of fused-ring (bicyclic) bond motifs is 2. The Morgan fingerprint density at radius 1 is 1.18 bits per heavy atom. The third kappa shape index (κ3) is 5.37. The molecule has 1 amide bonds. The van der Waals surface area contributed by atoms with Crippen molar-refractivity contribution < 1.29 is 29.7 Å². The summed E-state index contributed by atoms with van der Waals surface area (Å²) in [5.41, 5.74) is 5.16. The van der Waals surface area contributed by atoms with Crippen LogP contribution in [0.15, 0.2) is 42.6 Å². The van der Waals surface area contributed by atoms with E-state index in [1.807, 2.05) is 6.92 Å². The fourth-order valence-corrected chi connectivity index (χ4v) is 4.62. The fourth-order valence-electron chi connectivity index (χ4n) is 4.62. The molecule has 0 unspecified atom stereocenters. The smallest absolute Gasteiger partial charge is 0.328 e. The average molecular weight is 470 g/mol. The molecule has 1 aromatic heterocycles. The molecular weight excluding hydrogens is 438 g/mol. The van der Waals surface area contributed by atoms with Gasteiger partial charge in [-0.2, -0.15) is 0 Å². The Balaban J connectivity index is 0.000000350. The molecule has 9 heteroatoms. The van der Waals surface area contributed by atoms with Gasteiger partial charge < -0.3 is 25.2 Å². The molecule has 1 aliphatic heterocycles. The number of carbonyl (C=O) groups is 3. The van der Waals surface area contributed by atoms with Gasteiger partial charge in [0.05, 0.1) is 18.6 Å². The molecule has 2 heterocycles. The van der Waals surface area contributed by atoms with Crippen LogP contribution in [0.3, 0.4) is 0 Å². The lowest BCUT2D eigenvalue weighted by atomic mass is 9.80. The number of aliphatic carboxylic acids is 2. The third-order valence-corrected chi connectivity index (χ3v) is 6.34. The standard InChI is InChI=1S/C21H27N3O2.C4H4O4/c1-4-15(12-25)22-21(26)14-8-17-16-6-5-7-18-20(16)13(10-23(18)2)9-19(17)24(3)11-14;5-3(6)1-2-4(7)8/h5-8,10,14-15,19,25H,4,9,11-12H2,1-3H3,(H,22,26);1-2H,(H,5,6)(H,7,8)/b;2-1-/t14-,15+,19-;/m1./s1. The van der Waals surface area contributed by atoms with Crippen LogP contribution in [0.1, 0.15) is 24.5 Å². The van der Waals surface area contributed by atoms with Crippen LogP contribution in [-0.4, -0.2) is 74.9 Å². The molecule has 34 heavy (non-hydrogen) atoms. The van der Waals surface area contributed by atoms with E-state index in [9.17, 15) is 19.5 Å². The molecule has 0 saturated carbocycles. The Kier molecular flexibility index (Phi) is 7.90. The van der Waals surface area contributed by atoms with E-state index >= 15 is 0 Å². The van der Waals surface area contributed by atoms with Crippen LogP contribution in [0, 0.1) is 5.92 Å². The van der Waals surface area contributed by atoms with Gasteiger partial charge in [-0.15, -0.1) is 0 Å². The van der Waals surface area contributed by atoms with E-state index in [4.69, 9.17) is 10.2 Å². The second kappa shape index (κ2) is 10.7. The molecule has 9 nitrogen and oxygen atoms in total. The molecule has 1 aromatic carbocycles. The number of carbonyl (C=O) groups excluding carboxylic acids is 1. The second-order valence-electron chi connectivity index (χ2n) is 8.66. The zero-order valence-corrected chi connectivity index (χ0v) is 19.6. The van der Waals surface area contributed by atoms with Crippen molar-refractivity contribution in [2.45, 2.75) is 31.8 Å². The molecule has 3 atom stereocenters. The van der Waals surface area contributed by atoms with Gasteiger partial charge in [-0.3, -0.25) is 9.69 Å². The minimum absolute atomic E-state index is 0.00901. The highest BCUT2D eigenvalue weighted by Gasteiger charge is 2.36. The van der Waals surface area contributed by atoms with E-state index < -0.39 is 11.9 Å². The van der Waals surface area contributed by atoms with Gasteiger partial charge in [-0.05, 0) is 42.7 Å². The predicted octanol–water partition coefficient (Wildman–Crippen LogP) is 1.65. The van der Waals surface area contributed by atoms with Gasteiger partial charge in [0.25, 0.3) is 0 Å². The maximum absolute atomic E-state index is 12.7. The maximum atomic E-state index is 12.7. The molecule has 0 saturated heterocycles. The topological polar surface area (TPSA) is 132 Å². The van der Waals surface area contributed by atoms with Crippen LogP contribution < -0.4 is 5.32 Å². The van der Waals surface area contributed by atoms with E-state index in [-0.39, 0.29) is 24.5 Å². The van der Waals surface area contributed by atoms with Gasteiger partial charge in [-0.25, -0.2) is 9.59 Å². The minimum atomic E-state index is -1.26. The van der Waals surface area contributed by atoms with E-state index in [1.54, 1.807) is 0 Å². The van der Waals surface area contributed by atoms with Crippen molar-refractivity contribution in [1.82, 2.24) is 14.8 Å². The number of likely N-dealkylation sites (N-methyl/N-ethyl adjacent to an activating group) is 1. The Hall–Kier alpha value is -3.43. The molecular formula is C25H31N3O6. The summed E-state index contributed by atoms with van der Waals surface area (Å²) in [6.07, 6.45) is 7.24. The van der Waals surface area contributed by atoms with E-state index in [0.717, 1.165) is 12.8 Å². The summed E-state index contributed by atoms with van der Waals surface area (Å²) in [6.45, 7) is 2.66. The number of aryl methyl sites for hydroxylation is 1. The molecule has 0 radical (unpaired) electrons. The van der Waals surface area contributed by atoms with E-state index in [0.29, 0.717) is 24.7 Å². The number of aliphatic hydroxyl groups excluding tert-OH is 1. The lowest BCUT2D eigenvalue weighted by Crippen LogP contribution is -2.48. The summed E-state index contributed by atoms with van der Waals surface area (Å²) in [7, 11) is 4.20. The number of aliphatic hydroxyl groups is 1. The van der Waals surface area contributed by atoms with Gasteiger partial charge in [-0.1, -0.05) is 25.1 Å². The highest BCUT2D eigenvalue weighted by molar-refractivity contribution is 5.99. The first-order valence-electron chi connectivity index (χ1n) is 11.2. The Morgan fingerprint density at radius 2 is 1.85 bits per heavy atom. The molecule has 2 aliphatic rings. The SMILES string of the molecule is CC[C@@H](CO)NC(=O)[C@@H]1C=C2c3cccc4c3c(cn4C)C[C@H]2N(C)C1.O=C(O)/C=C\C(=O)O. The monoisotopic (exact) mass is 469 g/mol. The van der Waals surface area contributed by atoms with E-state index in [2.05, 4.69) is 59.4 Å². The molecule has 182 valence electrons. The fraction of sp³-hybridized carbons (Fsp3) is 0.400. The first kappa shape index (κ1) is 25.2. The number of aromatic nitrogens is 1. The first-order chi connectivity index (χ1) is 16.2. The number of benzene rings is 1. The third-order valence-electron chi connectivity index (χ3n) is 6.34. The average Bonchev–Trinajstić information content (AvgIpc) is 3.13. The van der Waals surface area contributed by atoms with Crippen molar-refractivity contribution in [3.63, 3.8) is 0 Å². The lowest BCUT2D eigenvalue weighted by molar-refractivity contribution is -0.134. The van der Waals surface area contributed by atoms with Crippen LogP contribution in [0.25, 0.3) is 16.5 Å². The normalized spacial score (nSPS) is 20.2. The van der Waals surface area contributed by atoms with Gasteiger partial charge in [0.1, 0.15) is 0 Å². The first-order valence-corrected chi connectivity index (χ1v) is 11.2.